The Morgan fingerprint density at radius 3 is 2.30 bits per heavy atom. The molecule has 2 atom stereocenters. The number of aliphatic carboxylic acids is 1. The number of ether oxygens (including phenoxy) is 4. The second-order valence-electron chi connectivity index (χ2n) is 12.1. The number of carbonyl (C=O) groups excluding carboxylic acids is 5. The number of rotatable bonds is 16. The minimum absolute atomic E-state index is 0.0681. The number of anilines is 1. The molecule has 0 aliphatic carbocycles. The second kappa shape index (κ2) is 17.8. The maximum Gasteiger partial charge on any atom is 0.429 e. The number of aliphatic hydroxyl groups is 1. The lowest BCUT2D eigenvalue weighted by molar-refractivity contribution is -0.164. The van der Waals surface area contributed by atoms with Crippen LogP contribution in [0, 0.1) is 5.41 Å². The molecule has 1 aliphatic heterocycles. The van der Waals surface area contributed by atoms with Crippen LogP contribution in [0.5, 0.6) is 11.5 Å². The van der Waals surface area contributed by atoms with Gasteiger partial charge in [0.1, 0.15) is 18.8 Å². The summed E-state index contributed by atoms with van der Waals surface area (Å²) in [6, 6.07) is 11.6. The van der Waals surface area contributed by atoms with Gasteiger partial charge in [-0.05, 0) is 74.9 Å². The molecule has 50 heavy (non-hydrogen) atoms. The SMILES string of the molecule is C=CC(=O)OCC(C)(C)C(=O)C(=O)N1CCCCN1C(=O)O[C@H](CCc1ccc(OC)c(OC)c1)c1cccc(NC(=O)[C@@H](O)CC(=O)O)c1. The van der Waals surface area contributed by atoms with Gasteiger partial charge < -0.3 is 34.5 Å². The molecule has 2 aromatic rings. The Bertz CT molecular complexity index is 1590. The molecular formula is C35H43N3O12. The highest BCUT2D eigenvalue weighted by Gasteiger charge is 2.41. The van der Waals surface area contributed by atoms with E-state index in [1.807, 2.05) is 6.07 Å². The lowest BCUT2D eigenvalue weighted by atomic mass is 9.88. The molecule has 0 bridgehead atoms. The minimum Gasteiger partial charge on any atom is -0.493 e. The molecule has 270 valence electrons. The van der Waals surface area contributed by atoms with E-state index in [2.05, 4.69) is 11.9 Å². The van der Waals surface area contributed by atoms with Crippen LogP contribution >= 0.6 is 0 Å². The molecule has 0 saturated carbocycles. The molecule has 2 aromatic carbocycles. The third kappa shape index (κ3) is 10.5. The number of aliphatic hydroxyl groups excluding tert-OH is 1. The molecule has 0 radical (unpaired) electrons. The average molecular weight is 698 g/mol. The van der Waals surface area contributed by atoms with Crippen molar-refractivity contribution in [1.29, 1.82) is 0 Å². The number of benzene rings is 2. The normalized spacial score (nSPS) is 14.1. The Labute approximate surface area is 289 Å². The maximum absolute atomic E-state index is 13.8. The number of esters is 1. The zero-order valence-electron chi connectivity index (χ0n) is 28.5. The molecular weight excluding hydrogens is 654 g/mol. The predicted octanol–water partition coefficient (Wildman–Crippen LogP) is 3.45. The van der Waals surface area contributed by atoms with Crippen LogP contribution in [0.2, 0.25) is 0 Å². The number of carbonyl (C=O) groups is 6. The molecule has 0 unspecified atom stereocenters. The van der Waals surface area contributed by atoms with E-state index in [1.54, 1.807) is 24.3 Å². The predicted molar refractivity (Wildman–Crippen MR) is 178 cm³/mol. The van der Waals surface area contributed by atoms with Gasteiger partial charge in [-0.1, -0.05) is 24.8 Å². The summed E-state index contributed by atoms with van der Waals surface area (Å²) in [4.78, 5) is 75.5. The van der Waals surface area contributed by atoms with Crippen LogP contribution in [0.1, 0.15) is 56.8 Å². The van der Waals surface area contributed by atoms with Crippen LogP contribution in [-0.4, -0.2) is 95.9 Å². The lowest BCUT2D eigenvalue weighted by Crippen LogP contribution is -2.57. The number of ketones is 1. The zero-order valence-corrected chi connectivity index (χ0v) is 28.5. The molecule has 1 heterocycles. The van der Waals surface area contributed by atoms with E-state index in [0.29, 0.717) is 36.3 Å². The molecule has 3 amide bonds. The molecule has 0 aromatic heterocycles. The number of carboxylic acid groups (broad SMARTS) is 1. The van der Waals surface area contributed by atoms with Crippen molar-refractivity contribution in [2.75, 3.05) is 39.2 Å². The number of aryl methyl sites for hydroxylation is 1. The van der Waals surface area contributed by atoms with Gasteiger partial charge in [0, 0.05) is 24.9 Å². The van der Waals surface area contributed by atoms with Gasteiger partial charge in [0.15, 0.2) is 11.5 Å². The smallest absolute Gasteiger partial charge is 0.429 e. The van der Waals surface area contributed by atoms with Crippen molar-refractivity contribution < 1.29 is 57.9 Å². The van der Waals surface area contributed by atoms with Gasteiger partial charge in [-0.15, -0.1) is 0 Å². The van der Waals surface area contributed by atoms with Crippen molar-refractivity contribution in [3.05, 3.63) is 66.2 Å². The summed E-state index contributed by atoms with van der Waals surface area (Å²) in [6.45, 7) is 6.00. The minimum atomic E-state index is -1.79. The van der Waals surface area contributed by atoms with E-state index in [1.165, 1.54) is 40.2 Å². The average Bonchev–Trinajstić information content (AvgIpc) is 3.11. The van der Waals surface area contributed by atoms with Gasteiger partial charge in [0.2, 0.25) is 5.78 Å². The number of nitrogens with zero attached hydrogens (tertiary/aromatic N) is 2. The number of amides is 3. The van der Waals surface area contributed by atoms with Gasteiger partial charge in [-0.3, -0.25) is 19.2 Å². The van der Waals surface area contributed by atoms with E-state index in [-0.39, 0.29) is 31.8 Å². The summed E-state index contributed by atoms with van der Waals surface area (Å²) in [5.41, 5.74) is 0.0854. The first-order valence-corrected chi connectivity index (χ1v) is 15.9. The van der Waals surface area contributed by atoms with Crippen LogP contribution < -0.4 is 14.8 Å². The topological polar surface area (TPSA) is 198 Å². The van der Waals surface area contributed by atoms with Crippen molar-refractivity contribution in [3.63, 3.8) is 0 Å². The highest BCUT2D eigenvalue weighted by atomic mass is 16.6. The molecule has 15 heteroatoms. The summed E-state index contributed by atoms with van der Waals surface area (Å²) in [5, 5.41) is 23.4. The molecule has 1 aliphatic rings. The Hall–Kier alpha value is -5.44. The largest absolute Gasteiger partial charge is 0.493 e. The second-order valence-corrected chi connectivity index (χ2v) is 12.1. The summed E-state index contributed by atoms with van der Waals surface area (Å²) in [5.74, 6) is -3.84. The van der Waals surface area contributed by atoms with Crippen LogP contribution in [0.3, 0.4) is 0 Å². The van der Waals surface area contributed by atoms with Crippen molar-refractivity contribution in [2.45, 2.75) is 58.2 Å². The van der Waals surface area contributed by atoms with Gasteiger partial charge >= 0.3 is 23.9 Å². The van der Waals surface area contributed by atoms with Crippen LogP contribution in [0.4, 0.5) is 10.5 Å². The Balaban J connectivity index is 1.88. The molecule has 1 fully saturated rings. The summed E-state index contributed by atoms with van der Waals surface area (Å²) < 4.78 is 21.7. The van der Waals surface area contributed by atoms with Gasteiger partial charge in [0.25, 0.3) is 5.91 Å². The number of hydrogen-bond donors (Lipinski definition) is 3. The Morgan fingerprint density at radius 1 is 0.980 bits per heavy atom. The number of Topliss-reactive ketones (excluding diaryl/α,β-unsaturated/α-hetero) is 1. The van der Waals surface area contributed by atoms with Gasteiger partial charge in [-0.2, -0.15) is 0 Å². The first kappa shape index (κ1) is 39.0. The highest BCUT2D eigenvalue weighted by Crippen LogP contribution is 2.32. The third-order valence-corrected chi connectivity index (χ3v) is 7.86. The summed E-state index contributed by atoms with van der Waals surface area (Å²) in [6.07, 6.45) is -1.82. The van der Waals surface area contributed by atoms with Crippen molar-refractivity contribution in [2.24, 2.45) is 5.41 Å². The van der Waals surface area contributed by atoms with Crippen molar-refractivity contribution >= 4 is 41.3 Å². The highest BCUT2D eigenvalue weighted by molar-refractivity contribution is 6.38. The monoisotopic (exact) mass is 697 g/mol. The van der Waals surface area contributed by atoms with Gasteiger partial charge in [-0.25, -0.2) is 19.6 Å². The van der Waals surface area contributed by atoms with E-state index in [0.717, 1.165) is 21.7 Å². The first-order valence-electron chi connectivity index (χ1n) is 15.9. The molecule has 0 spiro atoms. The number of methoxy groups -OCH3 is 2. The Kier molecular flexibility index (Phi) is 13.9. The standard InChI is InChI=1S/C35H43N3O12/c1-6-30(42)49-21-35(2,3)31(43)33(45)37-16-7-8-17-38(37)34(46)50-26(14-12-22-13-15-27(47-4)28(18-22)48-5)23-10-9-11-24(19-23)36-32(44)25(39)20-29(40)41/h6,9-11,13,15,18-19,25-26,39H,1,7-8,12,14,16-17,20-21H2,2-5H3,(H,36,44)(H,40,41)/t25-,26+/m0/s1. The summed E-state index contributed by atoms with van der Waals surface area (Å²) >= 11 is 0. The molecule has 1 saturated heterocycles. The number of hydrazine groups is 1. The maximum atomic E-state index is 13.8. The van der Waals surface area contributed by atoms with Crippen molar-refractivity contribution in [1.82, 2.24) is 10.0 Å². The lowest BCUT2D eigenvalue weighted by Gasteiger charge is -2.39. The molecule has 3 rings (SSSR count). The van der Waals surface area contributed by atoms with Crippen LogP contribution in [0.25, 0.3) is 0 Å². The fourth-order valence-electron chi connectivity index (χ4n) is 5.06. The quantitative estimate of drug-likeness (QED) is 0.131. The van der Waals surface area contributed by atoms with Crippen LogP contribution in [-0.2, 0) is 39.9 Å². The fraction of sp³-hybridized carbons (Fsp3) is 0.429. The van der Waals surface area contributed by atoms with E-state index in [4.69, 9.17) is 24.1 Å². The van der Waals surface area contributed by atoms with Gasteiger partial charge in [0.05, 0.1) is 26.1 Å². The number of nitrogens with one attached hydrogen (secondary N) is 1. The third-order valence-electron chi connectivity index (χ3n) is 7.86. The van der Waals surface area contributed by atoms with E-state index in [9.17, 15) is 33.9 Å². The number of hydrogen-bond acceptors (Lipinski definition) is 11. The van der Waals surface area contributed by atoms with Crippen LogP contribution in [0.15, 0.2) is 55.1 Å². The first-order chi connectivity index (χ1) is 23.7. The zero-order chi connectivity index (χ0) is 37.0. The van der Waals surface area contributed by atoms with E-state index < -0.39 is 59.7 Å². The van der Waals surface area contributed by atoms with E-state index >= 15 is 0 Å². The Morgan fingerprint density at radius 2 is 1.66 bits per heavy atom. The number of carboxylic acids is 1. The molecule has 3 N–H and O–H groups in total. The fourth-order valence-corrected chi connectivity index (χ4v) is 5.06. The summed E-state index contributed by atoms with van der Waals surface area (Å²) in [7, 11) is 3.02. The van der Waals surface area contributed by atoms with Crippen molar-refractivity contribution in [3.8, 4) is 11.5 Å². The molecule has 15 nitrogen and oxygen atoms in total.